The lowest BCUT2D eigenvalue weighted by Gasteiger charge is -2.37. The van der Waals surface area contributed by atoms with Crippen LogP contribution in [0, 0.1) is 5.92 Å². The number of carbonyl (C=O) groups is 2. The molecule has 1 unspecified atom stereocenters. The number of amides is 2. The monoisotopic (exact) mass is 380 g/mol. The van der Waals surface area contributed by atoms with Crippen molar-refractivity contribution in [3.63, 3.8) is 0 Å². The maximum Gasteiger partial charge on any atom is 0.226 e. The van der Waals surface area contributed by atoms with E-state index in [1.807, 2.05) is 34.2 Å². The van der Waals surface area contributed by atoms with Crippen LogP contribution in [0.5, 0.6) is 0 Å². The van der Waals surface area contributed by atoms with Crippen molar-refractivity contribution in [2.75, 3.05) is 26.2 Å². The fraction of sp³-hybridized carbons (Fsp3) is 0.500. The molecule has 1 aliphatic heterocycles. The van der Waals surface area contributed by atoms with E-state index in [1.165, 1.54) is 11.1 Å². The lowest BCUT2D eigenvalue weighted by atomic mass is 9.87. The van der Waals surface area contributed by atoms with E-state index in [0.29, 0.717) is 32.6 Å². The quantitative estimate of drug-likeness (QED) is 0.865. The molecular weight excluding hydrogens is 352 g/mol. The summed E-state index contributed by atoms with van der Waals surface area (Å²) in [6, 6.07) is 10.3. The highest BCUT2D eigenvalue weighted by atomic mass is 16.2. The Balaban J connectivity index is 1.21. The summed E-state index contributed by atoms with van der Waals surface area (Å²) in [4.78, 5) is 29.2. The molecule has 28 heavy (non-hydrogen) atoms. The maximum atomic E-state index is 12.9. The average molecular weight is 380 g/mol. The summed E-state index contributed by atoms with van der Waals surface area (Å²) in [6.45, 7) is 2.60. The van der Waals surface area contributed by atoms with Gasteiger partial charge in [-0.2, -0.15) is 5.10 Å². The molecular formula is C22H28N4O2. The van der Waals surface area contributed by atoms with Crippen LogP contribution in [-0.4, -0.2) is 58.0 Å². The van der Waals surface area contributed by atoms with Gasteiger partial charge >= 0.3 is 0 Å². The molecule has 0 bridgehead atoms. The minimum Gasteiger partial charge on any atom is -0.339 e. The van der Waals surface area contributed by atoms with E-state index in [-0.39, 0.29) is 17.7 Å². The van der Waals surface area contributed by atoms with Crippen molar-refractivity contribution in [2.45, 2.75) is 38.5 Å². The van der Waals surface area contributed by atoms with Gasteiger partial charge in [0.25, 0.3) is 0 Å². The van der Waals surface area contributed by atoms with Gasteiger partial charge in [0, 0.05) is 50.6 Å². The number of benzene rings is 1. The fourth-order valence-electron chi connectivity index (χ4n) is 4.30. The number of carbonyl (C=O) groups excluding carboxylic acids is 2. The van der Waals surface area contributed by atoms with Gasteiger partial charge in [-0.15, -0.1) is 0 Å². The molecule has 2 aromatic rings. The van der Waals surface area contributed by atoms with Crippen LogP contribution in [0.4, 0.5) is 0 Å². The van der Waals surface area contributed by atoms with Gasteiger partial charge in [-0.25, -0.2) is 0 Å². The third kappa shape index (κ3) is 4.26. The highest BCUT2D eigenvalue weighted by Gasteiger charge is 2.31. The number of aromatic amines is 1. The van der Waals surface area contributed by atoms with Crippen molar-refractivity contribution < 1.29 is 9.59 Å². The van der Waals surface area contributed by atoms with Gasteiger partial charge in [-0.1, -0.05) is 30.3 Å². The van der Waals surface area contributed by atoms with Crippen LogP contribution >= 0.6 is 0 Å². The molecule has 1 fully saturated rings. The summed E-state index contributed by atoms with van der Waals surface area (Å²) in [5, 5.41) is 7.11. The standard InChI is InChI=1S/C22H28N4O2/c27-21(8-4-7-17-5-2-1-3-6-17)25-11-13-26(14-12-25)22(28)18-9-10-19-16-23-24-20(19)15-18/h1-3,5-6,16,18H,4,7-15H2,(H,23,24). The smallest absolute Gasteiger partial charge is 0.226 e. The zero-order valence-corrected chi connectivity index (χ0v) is 16.3. The van der Waals surface area contributed by atoms with Crippen molar-refractivity contribution in [3.8, 4) is 0 Å². The van der Waals surface area contributed by atoms with E-state index in [9.17, 15) is 9.59 Å². The summed E-state index contributed by atoms with van der Waals surface area (Å²) in [7, 11) is 0. The Morgan fingerprint density at radius 3 is 2.61 bits per heavy atom. The molecule has 4 rings (SSSR count). The van der Waals surface area contributed by atoms with Crippen molar-refractivity contribution in [2.24, 2.45) is 5.92 Å². The molecule has 6 nitrogen and oxygen atoms in total. The van der Waals surface area contributed by atoms with Crippen LogP contribution in [0.3, 0.4) is 0 Å². The van der Waals surface area contributed by atoms with Crippen LogP contribution < -0.4 is 0 Å². The largest absolute Gasteiger partial charge is 0.339 e. The number of hydrogen-bond donors (Lipinski definition) is 1. The van der Waals surface area contributed by atoms with Gasteiger partial charge in [-0.05, 0) is 36.8 Å². The summed E-state index contributed by atoms with van der Waals surface area (Å²) in [5.41, 5.74) is 3.63. The van der Waals surface area contributed by atoms with Crippen LogP contribution in [0.25, 0.3) is 0 Å². The molecule has 6 heteroatoms. The predicted octanol–water partition coefficient (Wildman–Crippen LogP) is 2.21. The highest BCUT2D eigenvalue weighted by molar-refractivity contribution is 5.80. The molecule has 0 saturated carbocycles. The summed E-state index contributed by atoms with van der Waals surface area (Å²) >= 11 is 0. The predicted molar refractivity (Wildman–Crippen MR) is 107 cm³/mol. The van der Waals surface area contributed by atoms with E-state index in [2.05, 4.69) is 22.3 Å². The molecule has 148 valence electrons. The Hall–Kier alpha value is -2.63. The van der Waals surface area contributed by atoms with Crippen LogP contribution in [0.2, 0.25) is 0 Å². The van der Waals surface area contributed by atoms with Crippen molar-refractivity contribution >= 4 is 11.8 Å². The second-order valence-electron chi connectivity index (χ2n) is 7.86. The first-order chi connectivity index (χ1) is 13.7. The third-order valence-corrected chi connectivity index (χ3v) is 6.01. The number of fused-ring (bicyclic) bond motifs is 1. The molecule has 2 aliphatic rings. The Morgan fingerprint density at radius 2 is 1.82 bits per heavy atom. The SMILES string of the molecule is O=C(CCCc1ccccc1)N1CCN(C(=O)C2CCc3cn[nH]c3C2)CC1. The number of rotatable bonds is 5. The van der Waals surface area contributed by atoms with Crippen LogP contribution in [0.15, 0.2) is 36.5 Å². The van der Waals surface area contributed by atoms with Gasteiger partial charge in [0.2, 0.25) is 11.8 Å². The number of nitrogens with one attached hydrogen (secondary N) is 1. The third-order valence-electron chi connectivity index (χ3n) is 6.01. The first kappa shape index (κ1) is 18.7. The second kappa shape index (κ2) is 8.59. The Bertz CT molecular complexity index is 809. The zero-order chi connectivity index (χ0) is 19.3. The molecule has 0 radical (unpaired) electrons. The Labute approximate surface area is 165 Å². The van der Waals surface area contributed by atoms with E-state index in [4.69, 9.17) is 0 Å². The Kier molecular flexibility index (Phi) is 5.74. The maximum absolute atomic E-state index is 12.9. The number of nitrogens with zero attached hydrogens (tertiary/aromatic N) is 3. The number of aromatic nitrogens is 2. The molecule has 1 atom stereocenters. The van der Waals surface area contributed by atoms with Gasteiger partial charge < -0.3 is 9.80 Å². The van der Waals surface area contributed by atoms with Crippen molar-refractivity contribution in [3.05, 3.63) is 53.3 Å². The summed E-state index contributed by atoms with van der Waals surface area (Å²) in [5.74, 6) is 0.486. The molecule has 2 amide bonds. The lowest BCUT2D eigenvalue weighted by Crippen LogP contribution is -2.52. The van der Waals surface area contributed by atoms with E-state index in [1.54, 1.807) is 0 Å². The first-order valence-corrected chi connectivity index (χ1v) is 10.3. The van der Waals surface area contributed by atoms with Gasteiger partial charge in [0.1, 0.15) is 0 Å². The van der Waals surface area contributed by atoms with E-state index >= 15 is 0 Å². The van der Waals surface area contributed by atoms with Crippen LogP contribution in [0.1, 0.15) is 36.1 Å². The fourth-order valence-corrected chi connectivity index (χ4v) is 4.30. The molecule has 1 aromatic heterocycles. The number of hydrogen-bond acceptors (Lipinski definition) is 3. The summed E-state index contributed by atoms with van der Waals surface area (Å²) in [6.07, 6.45) is 6.82. The van der Waals surface area contributed by atoms with Crippen molar-refractivity contribution in [1.29, 1.82) is 0 Å². The van der Waals surface area contributed by atoms with E-state index < -0.39 is 0 Å². The molecule has 1 saturated heterocycles. The van der Waals surface area contributed by atoms with Gasteiger partial charge in [-0.3, -0.25) is 14.7 Å². The average Bonchev–Trinajstić information content (AvgIpc) is 3.22. The minimum absolute atomic E-state index is 0.0427. The zero-order valence-electron chi connectivity index (χ0n) is 16.3. The molecule has 0 spiro atoms. The molecule has 1 N–H and O–H groups in total. The van der Waals surface area contributed by atoms with E-state index in [0.717, 1.165) is 37.8 Å². The Morgan fingerprint density at radius 1 is 1.07 bits per heavy atom. The lowest BCUT2D eigenvalue weighted by molar-refractivity contribution is -0.142. The topological polar surface area (TPSA) is 69.3 Å². The minimum atomic E-state index is 0.0427. The second-order valence-corrected chi connectivity index (χ2v) is 7.86. The first-order valence-electron chi connectivity index (χ1n) is 10.3. The molecule has 1 aliphatic carbocycles. The molecule has 2 heterocycles. The molecule has 1 aromatic carbocycles. The number of H-pyrrole nitrogens is 1. The normalized spacial score (nSPS) is 19.4. The van der Waals surface area contributed by atoms with Gasteiger partial charge in [0.15, 0.2) is 0 Å². The summed E-state index contributed by atoms with van der Waals surface area (Å²) < 4.78 is 0. The van der Waals surface area contributed by atoms with Gasteiger partial charge in [0.05, 0.1) is 6.20 Å². The highest BCUT2D eigenvalue weighted by Crippen LogP contribution is 2.25. The number of aryl methyl sites for hydroxylation is 2. The van der Waals surface area contributed by atoms with Crippen molar-refractivity contribution in [1.82, 2.24) is 20.0 Å². The van der Waals surface area contributed by atoms with Crippen LogP contribution in [-0.2, 0) is 28.9 Å². The number of piperazine rings is 1.